The number of thiophene rings is 3. The average molecular weight is 532 g/mol. The summed E-state index contributed by atoms with van der Waals surface area (Å²) >= 11 is 5.21. The maximum Gasteiger partial charge on any atom is 0.311 e. The monoisotopic (exact) mass is 531 g/mol. The van der Waals surface area contributed by atoms with Crippen LogP contribution in [0.3, 0.4) is 0 Å². The van der Waals surface area contributed by atoms with Gasteiger partial charge in [-0.05, 0) is 78.0 Å². The molecule has 3 nitrogen and oxygen atoms in total. The second-order valence-corrected chi connectivity index (χ2v) is 11.7. The minimum absolute atomic E-state index is 0.198. The standard InChI is InChI=1S/C30H29NO2S3/c1-2-3-4-5-6-7-10-30(32)33-24-13-11-22(12-14-24)23(21-31)20-25-15-16-28(35-25)29-18-17-27(36-29)26-9-8-19-34-26/h8-9,11-20H,2-7,10H2,1H3/b23-20+. The molecule has 0 unspecified atom stereocenters. The Bertz CT molecular complexity index is 1320. The number of unbranched alkanes of at least 4 members (excludes halogenated alkanes) is 5. The van der Waals surface area contributed by atoms with Crippen LogP contribution in [0, 0.1) is 11.3 Å². The van der Waals surface area contributed by atoms with Gasteiger partial charge in [-0.15, -0.1) is 34.0 Å². The minimum Gasteiger partial charge on any atom is -0.427 e. The fourth-order valence-corrected chi connectivity index (χ4v) is 6.72. The number of allylic oxidation sites excluding steroid dienone is 1. The van der Waals surface area contributed by atoms with E-state index in [-0.39, 0.29) is 5.97 Å². The summed E-state index contributed by atoms with van der Waals surface area (Å²) in [7, 11) is 0. The number of benzene rings is 1. The Kier molecular flexibility index (Phi) is 9.68. The molecule has 0 fully saturated rings. The number of nitriles is 1. The van der Waals surface area contributed by atoms with Crippen molar-refractivity contribution in [3.05, 3.63) is 76.5 Å². The first-order valence-corrected chi connectivity index (χ1v) is 14.8. The van der Waals surface area contributed by atoms with Crippen LogP contribution in [0.15, 0.2) is 66.0 Å². The van der Waals surface area contributed by atoms with Gasteiger partial charge in [0.25, 0.3) is 0 Å². The second kappa shape index (κ2) is 13.4. The van der Waals surface area contributed by atoms with Gasteiger partial charge in [-0.3, -0.25) is 4.79 Å². The predicted molar refractivity (Wildman–Crippen MR) is 154 cm³/mol. The molecule has 4 rings (SSSR count). The normalized spacial score (nSPS) is 11.4. The van der Waals surface area contributed by atoms with Gasteiger partial charge in [0.2, 0.25) is 0 Å². The van der Waals surface area contributed by atoms with Crippen molar-refractivity contribution in [2.75, 3.05) is 0 Å². The summed E-state index contributed by atoms with van der Waals surface area (Å²) in [5, 5.41) is 11.9. The van der Waals surface area contributed by atoms with Crippen LogP contribution in [0.25, 0.3) is 31.2 Å². The molecule has 0 aliphatic rings. The summed E-state index contributed by atoms with van der Waals surface area (Å²) in [6.45, 7) is 2.20. The number of hydrogen-bond acceptors (Lipinski definition) is 6. The molecule has 0 saturated carbocycles. The summed E-state index contributed by atoms with van der Waals surface area (Å²) < 4.78 is 5.47. The molecule has 0 spiro atoms. The third kappa shape index (κ3) is 7.27. The highest BCUT2D eigenvalue weighted by atomic mass is 32.1. The molecule has 0 aliphatic carbocycles. The molecule has 0 radical (unpaired) electrons. The first-order chi connectivity index (χ1) is 17.7. The fraction of sp³-hybridized carbons (Fsp3) is 0.267. The SMILES string of the molecule is CCCCCCCCC(=O)Oc1ccc(/C(C#N)=C/c2ccc(-c3ccc(-c4cccs4)s3)s2)cc1. The van der Waals surface area contributed by atoms with Gasteiger partial charge in [0.15, 0.2) is 0 Å². The van der Waals surface area contributed by atoms with E-state index in [1.165, 1.54) is 45.2 Å². The van der Waals surface area contributed by atoms with Crippen molar-refractivity contribution >= 4 is 51.6 Å². The lowest BCUT2D eigenvalue weighted by Gasteiger charge is -2.06. The van der Waals surface area contributed by atoms with E-state index in [1.54, 1.807) is 46.1 Å². The van der Waals surface area contributed by atoms with E-state index in [2.05, 4.69) is 54.8 Å². The summed E-state index contributed by atoms with van der Waals surface area (Å²) in [6.07, 6.45) is 9.19. The topological polar surface area (TPSA) is 50.1 Å². The number of esters is 1. The van der Waals surface area contributed by atoms with E-state index >= 15 is 0 Å². The van der Waals surface area contributed by atoms with E-state index in [0.29, 0.717) is 17.7 Å². The van der Waals surface area contributed by atoms with Crippen LogP contribution in [-0.4, -0.2) is 5.97 Å². The molecule has 0 aliphatic heterocycles. The number of nitrogens with zero attached hydrogens (tertiary/aromatic N) is 1. The van der Waals surface area contributed by atoms with Crippen LogP contribution >= 0.6 is 34.0 Å². The van der Waals surface area contributed by atoms with E-state index in [4.69, 9.17) is 4.74 Å². The van der Waals surface area contributed by atoms with Crippen molar-refractivity contribution in [1.29, 1.82) is 5.26 Å². The molecule has 184 valence electrons. The second-order valence-electron chi connectivity index (χ2n) is 8.53. The van der Waals surface area contributed by atoms with E-state index < -0.39 is 0 Å². The number of carbonyl (C=O) groups is 1. The summed E-state index contributed by atoms with van der Waals surface area (Å²) in [6, 6.07) is 22.2. The lowest BCUT2D eigenvalue weighted by atomic mass is 10.1. The number of carbonyl (C=O) groups excluding carboxylic acids is 1. The summed E-state index contributed by atoms with van der Waals surface area (Å²) in [4.78, 5) is 18.1. The Morgan fingerprint density at radius 3 is 2.28 bits per heavy atom. The van der Waals surface area contributed by atoms with Gasteiger partial charge in [-0.1, -0.05) is 45.1 Å². The Balaban J connectivity index is 1.35. The molecule has 3 heterocycles. The molecule has 0 N–H and O–H groups in total. The van der Waals surface area contributed by atoms with Crippen LogP contribution < -0.4 is 4.74 Å². The van der Waals surface area contributed by atoms with Gasteiger partial charge in [-0.2, -0.15) is 5.26 Å². The molecule has 0 bridgehead atoms. The number of rotatable bonds is 12. The molecule has 36 heavy (non-hydrogen) atoms. The zero-order valence-electron chi connectivity index (χ0n) is 20.4. The maximum atomic E-state index is 12.1. The Morgan fingerprint density at radius 2 is 1.56 bits per heavy atom. The lowest BCUT2D eigenvalue weighted by Crippen LogP contribution is -2.07. The average Bonchev–Trinajstić information content (AvgIpc) is 3.67. The number of ether oxygens (including phenoxy) is 1. The highest BCUT2D eigenvalue weighted by Gasteiger charge is 2.10. The van der Waals surface area contributed by atoms with Crippen molar-refractivity contribution in [2.45, 2.75) is 51.9 Å². The minimum atomic E-state index is -0.198. The van der Waals surface area contributed by atoms with E-state index in [9.17, 15) is 10.1 Å². The van der Waals surface area contributed by atoms with Gasteiger partial charge >= 0.3 is 5.97 Å². The molecule has 4 aromatic rings. The Hall–Kier alpha value is -2.98. The number of hydrogen-bond donors (Lipinski definition) is 0. The molecule has 0 saturated heterocycles. The quantitative estimate of drug-likeness (QED) is 0.0791. The fourth-order valence-electron chi connectivity index (χ4n) is 3.84. The van der Waals surface area contributed by atoms with Crippen molar-refractivity contribution < 1.29 is 9.53 Å². The molecular formula is C30H29NO2S3. The van der Waals surface area contributed by atoms with E-state index in [0.717, 1.165) is 23.3 Å². The molecule has 6 heteroatoms. The summed E-state index contributed by atoms with van der Waals surface area (Å²) in [5.41, 5.74) is 1.39. The first kappa shape index (κ1) is 26.1. The van der Waals surface area contributed by atoms with Crippen molar-refractivity contribution in [2.24, 2.45) is 0 Å². The van der Waals surface area contributed by atoms with E-state index in [1.807, 2.05) is 18.2 Å². The van der Waals surface area contributed by atoms with Crippen LogP contribution in [0.1, 0.15) is 62.3 Å². The Labute approximate surface area is 225 Å². The van der Waals surface area contributed by atoms with Gasteiger partial charge in [0.1, 0.15) is 5.75 Å². The van der Waals surface area contributed by atoms with Gasteiger partial charge in [0.05, 0.1) is 11.6 Å². The molecular weight excluding hydrogens is 503 g/mol. The first-order valence-electron chi connectivity index (χ1n) is 12.3. The van der Waals surface area contributed by atoms with Crippen LogP contribution in [0.4, 0.5) is 0 Å². The molecule has 3 aromatic heterocycles. The van der Waals surface area contributed by atoms with Crippen LogP contribution in [-0.2, 0) is 4.79 Å². The summed E-state index contributed by atoms with van der Waals surface area (Å²) in [5.74, 6) is 0.320. The highest BCUT2D eigenvalue weighted by molar-refractivity contribution is 7.26. The van der Waals surface area contributed by atoms with Crippen LogP contribution in [0.2, 0.25) is 0 Å². The smallest absolute Gasteiger partial charge is 0.311 e. The third-order valence-electron chi connectivity index (χ3n) is 5.78. The molecule has 0 amide bonds. The highest BCUT2D eigenvalue weighted by Crippen LogP contribution is 2.39. The van der Waals surface area contributed by atoms with Gasteiger partial charge in [0, 0.05) is 30.8 Å². The maximum absolute atomic E-state index is 12.1. The zero-order chi connectivity index (χ0) is 25.2. The third-order valence-corrected chi connectivity index (χ3v) is 9.16. The molecule has 0 atom stereocenters. The lowest BCUT2D eigenvalue weighted by molar-refractivity contribution is -0.134. The van der Waals surface area contributed by atoms with Crippen LogP contribution in [0.5, 0.6) is 5.75 Å². The van der Waals surface area contributed by atoms with Crippen molar-refractivity contribution in [3.63, 3.8) is 0 Å². The largest absolute Gasteiger partial charge is 0.427 e. The van der Waals surface area contributed by atoms with Gasteiger partial charge in [-0.25, -0.2) is 0 Å². The van der Waals surface area contributed by atoms with Crippen molar-refractivity contribution in [3.8, 4) is 31.3 Å². The van der Waals surface area contributed by atoms with Gasteiger partial charge < -0.3 is 4.74 Å². The predicted octanol–water partition coefficient (Wildman–Crippen LogP) is 9.93. The molecule has 1 aromatic carbocycles. The zero-order valence-corrected chi connectivity index (χ0v) is 22.8. The van der Waals surface area contributed by atoms with Crippen molar-refractivity contribution in [1.82, 2.24) is 0 Å². The Morgan fingerprint density at radius 1 is 0.861 bits per heavy atom.